The number of hydrazone groups is 1. The second kappa shape index (κ2) is 4.14. The fourth-order valence-corrected chi connectivity index (χ4v) is 1.99. The Morgan fingerprint density at radius 3 is 2.35 bits per heavy atom. The Morgan fingerprint density at radius 1 is 1.18 bits per heavy atom. The summed E-state index contributed by atoms with van der Waals surface area (Å²) in [7, 11) is 7.83. The average Bonchev–Trinajstić information content (AvgIpc) is 2.56. The number of rotatable bonds is 0. The second-order valence-corrected chi connectivity index (χ2v) is 4.32. The molecule has 0 atom stereocenters. The van der Waals surface area contributed by atoms with Crippen molar-refractivity contribution in [1.82, 2.24) is 15.3 Å². The first-order chi connectivity index (χ1) is 8.02. The maximum Gasteiger partial charge on any atom is 0.378 e. The maximum atomic E-state index is 9.79. The van der Waals surface area contributed by atoms with Crippen molar-refractivity contribution < 1.29 is 9.89 Å². The largest absolute Gasteiger partial charge is 0.378 e. The van der Waals surface area contributed by atoms with Gasteiger partial charge in [-0.1, -0.05) is 12.1 Å². The monoisotopic (exact) mass is 236 g/mol. The summed E-state index contributed by atoms with van der Waals surface area (Å²) in [6.45, 7) is 0. The van der Waals surface area contributed by atoms with Gasteiger partial charge in [-0.05, 0) is 12.1 Å². The fourth-order valence-electron chi connectivity index (χ4n) is 1.99. The Hall–Kier alpha value is -1.95. The summed E-state index contributed by atoms with van der Waals surface area (Å²) in [5.41, 5.74) is 4.52. The number of hydrogen-bond donors (Lipinski definition) is 2. The van der Waals surface area contributed by atoms with Crippen LogP contribution in [-0.2, 0) is 0 Å². The fraction of sp³-hybridized carbons (Fsp3) is 0.364. The number of nitrogens with zero attached hydrogens (tertiary/aromatic N) is 4. The van der Waals surface area contributed by atoms with Gasteiger partial charge >= 0.3 is 5.96 Å². The number of nitrogens with one attached hydrogen (secondary N) is 1. The summed E-state index contributed by atoms with van der Waals surface area (Å²) in [6, 6.07) is 7.63. The molecular weight excluding hydrogens is 218 g/mol. The van der Waals surface area contributed by atoms with E-state index in [0.29, 0.717) is 0 Å². The van der Waals surface area contributed by atoms with Gasteiger partial charge in [0.1, 0.15) is 5.69 Å². The van der Waals surface area contributed by atoms with Crippen molar-refractivity contribution in [2.45, 2.75) is 0 Å². The molecule has 0 radical (unpaired) electrons. The third-order valence-electron chi connectivity index (χ3n) is 2.55. The van der Waals surface area contributed by atoms with Crippen LogP contribution in [0.5, 0.6) is 0 Å². The van der Waals surface area contributed by atoms with Gasteiger partial charge in [0.05, 0.1) is 28.2 Å². The average molecular weight is 236 g/mol. The van der Waals surface area contributed by atoms with Crippen LogP contribution in [0.3, 0.4) is 0 Å². The molecule has 0 fully saturated rings. The minimum atomic E-state index is 0.730. The van der Waals surface area contributed by atoms with Gasteiger partial charge in [0, 0.05) is 0 Å². The number of para-hydroxylation sites is 2. The van der Waals surface area contributed by atoms with Crippen molar-refractivity contribution in [3.63, 3.8) is 0 Å². The van der Waals surface area contributed by atoms with Crippen LogP contribution in [0.2, 0.25) is 0 Å². The van der Waals surface area contributed by atoms with Crippen molar-refractivity contribution >= 4 is 17.3 Å². The Labute approximate surface area is 101 Å². The lowest BCUT2D eigenvalue weighted by atomic mass is 10.3. The summed E-state index contributed by atoms with van der Waals surface area (Å²) in [4.78, 5) is 3.95. The van der Waals surface area contributed by atoms with Crippen LogP contribution < -0.4 is 10.7 Å². The standard InChI is InChI=1S/C11H18N5O/c1-13(2)11(14(3)4)15-9-7-5-6-8-10(9)16(17)12-15/h5-8,12,17H,1-4H3/q+1. The Kier molecular flexibility index (Phi) is 2.81. The highest BCUT2D eigenvalue weighted by atomic mass is 16.6. The molecule has 0 spiro atoms. The molecule has 0 saturated carbocycles. The first kappa shape index (κ1) is 11.5. The van der Waals surface area contributed by atoms with E-state index in [1.165, 1.54) is 0 Å². The molecule has 6 nitrogen and oxygen atoms in total. The Bertz CT molecular complexity index is 445. The number of guanidine groups is 1. The van der Waals surface area contributed by atoms with Gasteiger partial charge in [-0.2, -0.15) is 5.53 Å². The van der Waals surface area contributed by atoms with Crippen LogP contribution >= 0.6 is 0 Å². The molecule has 0 saturated heterocycles. The Morgan fingerprint density at radius 2 is 1.76 bits per heavy atom. The predicted molar refractivity (Wildman–Crippen MR) is 66.1 cm³/mol. The molecule has 1 aromatic rings. The highest BCUT2D eigenvalue weighted by Gasteiger charge is 2.30. The van der Waals surface area contributed by atoms with E-state index in [4.69, 9.17) is 0 Å². The van der Waals surface area contributed by atoms with Crippen molar-refractivity contribution in [1.29, 1.82) is 0 Å². The topological polar surface area (TPSA) is 45.0 Å². The van der Waals surface area contributed by atoms with Crippen LogP contribution in [-0.4, -0.2) is 53.8 Å². The van der Waals surface area contributed by atoms with E-state index in [2.05, 4.69) is 5.53 Å². The number of hydrogen-bond acceptors (Lipinski definition) is 3. The van der Waals surface area contributed by atoms with Crippen molar-refractivity contribution in [2.24, 2.45) is 0 Å². The van der Waals surface area contributed by atoms with Gasteiger partial charge in [0.25, 0.3) is 0 Å². The van der Waals surface area contributed by atoms with Gasteiger partial charge < -0.3 is 0 Å². The third-order valence-corrected chi connectivity index (χ3v) is 2.55. The summed E-state index contributed by atoms with van der Waals surface area (Å²) >= 11 is 0. The first-order valence-corrected chi connectivity index (χ1v) is 5.38. The minimum absolute atomic E-state index is 0.730. The number of fused-ring (bicyclic) bond motifs is 1. The van der Waals surface area contributed by atoms with Gasteiger partial charge in [0.2, 0.25) is 0 Å². The van der Waals surface area contributed by atoms with E-state index in [-0.39, 0.29) is 0 Å². The third kappa shape index (κ3) is 1.87. The highest BCUT2D eigenvalue weighted by Crippen LogP contribution is 2.30. The van der Waals surface area contributed by atoms with E-state index in [1.807, 2.05) is 66.9 Å². The molecule has 6 heteroatoms. The second-order valence-electron chi connectivity index (χ2n) is 4.32. The zero-order valence-corrected chi connectivity index (χ0v) is 10.5. The van der Waals surface area contributed by atoms with Crippen LogP contribution in [0, 0.1) is 0 Å². The lowest BCUT2D eigenvalue weighted by Gasteiger charge is -2.18. The molecule has 1 aromatic carbocycles. The lowest BCUT2D eigenvalue weighted by molar-refractivity contribution is -0.515. The SMILES string of the molecule is CN(C)C(N(C)C)=[N+]1NN(O)c2ccccc21. The van der Waals surface area contributed by atoms with Gasteiger partial charge in [0.15, 0.2) is 5.69 Å². The number of benzene rings is 1. The predicted octanol–water partition coefficient (Wildman–Crippen LogP) is 0.439. The quantitative estimate of drug-likeness (QED) is 0.505. The molecule has 0 bridgehead atoms. The summed E-state index contributed by atoms with van der Waals surface area (Å²) < 4.78 is 1.83. The molecule has 0 aliphatic carbocycles. The van der Waals surface area contributed by atoms with Crippen LogP contribution in [0.1, 0.15) is 0 Å². The highest BCUT2D eigenvalue weighted by molar-refractivity contribution is 5.77. The summed E-state index contributed by atoms with van der Waals surface area (Å²) in [5.74, 6) is 0.925. The van der Waals surface area contributed by atoms with Crippen molar-refractivity contribution in [3.8, 4) is 0 Å². The minimum Gasteiger partial charge on any atom is -0.268 e. The van der Waals surface area contributed by atoms with Gasteiger partial charge in [-0.25, -0.2) is 0 Å². The van der Waals surface area contributed by atoms with E-state index in [9.17, 15) is 5.21 Å². The molecule has 17 heavy (non-hydrogen) atoms. The summed E-state index contributed by atoms with van der Waals surface area (Å²) in [6.07, 6.45) is 0. The number of hydrazine groups is 2. The van der Waals surface area contributed by atoms with Crippen LogP contribution in [0.25, 0.3) is 0 Å². The molecule has 2 N–H and O–H groups in total. The van der Waals surface area contributed by atoms with E-state index < -0.39 is 0 Å². The normalized spacial score (nSPS) is 13.2. The zero-order valence-electron chi connectivity index (χ0n) is 10.5. The zero-order chi connectivity index (χ0) is 12.6. The van der Waals surface area contributed by atoms with E-state index in [0.717, 1.165) is 22.5 Å². The molecule has 2 rings (SSSR count). The smallest absolute Gasteiger partial charge is 0.268 e. The first-order valence-electron chi connectivity index (χ1n) is 5.38. The van der Waals surface area contributed by atoms with E-state index >= 15 is 0 Å². The van der Waals surface area contributed by atoms with Crippen LogP contribution in [0.4, 0.5) is 11.4 Å². The van der Waals surface area contributed by atoms with Gasteiger partial charge in [-0.3, -0.25) is 15.0 Å². The van der Waals surface area contributed by atoms with Crippen LogP contribution in [0.15, 0.2) is 24.3 Å². The molecule has 1 aliphatic heterocycles. The molecule has 0 unspecified atom stereocenters. The maximum absolute atomic E-state index is 9.79. The van der Waals surface area contributed by atoms with Gasteiger partial charge in [-0.15, -0.1) is 9.86 Å². The number of anilines is 1. The lowest BCUT2D eigenvalue weighted by Crippen LogP contribution is -2.47. The Balaban J connectivity index is 2.58. The molecule has 1 heterocycles. The molecular formula is C11H18N5O+. The van der Waals surface area contributed by atoms with E-state index in [1.54, 1.807) is 0 Å². The molecule has 0 amide bonds. The van der Waals surface area contributed by atoms with Crippen molar-refractivity contribution in [2.75, 3.05) is 33.4 Å². The molecule has 92 valence electrons. The summed E-state index contributed by atoms with van der Waals surface area (Å²) in [5, 5.41) is 10.8. The molecule has 0 aromatic heterocycles. The van der Waals surface area contributed by atoms with Crippen molar-refractivity contribution in [3.05, 3.63) is 24.3 Å². The molecule has 1 aliphatic rings.